The van der Waals surface area contributed by atoms with Crippen molar-refractivity contribution in [3.05, 3.63) is 41.4 Å². The molecule has 0 saturated heterocycles. The van der Waals surface area contributed by atoms with Gasteiger partial charge in [0, 0.05) is 6.20 Å². The smallest absolute Gasteiger partial charge is 0.341 e. The van der Waals surface area contributed by atoms with Crippen molar-refractivity contribution >= 4 is 28.8 Å². The number of aryl methyl sites for hydroxylation is 1. The van der Waals surface area contributed by atoms with E-state index < -0.39 is 29.6 Å². The Kier molecular flexibility index (Phi) is 7.02. The highest BCUT2D eigenvalue weighted by Crippen LogP contribution is 2.23. The average molecular weight is 448 g/mol. The summed E-state index contributed by atoms with van der Waals surface area (Å²) in [7, 11) is 0. The highest BCUT2D eigenvalue weighted by molar-refractivity contribution is 6.43. The first kappa shape index (κ1) is 23.5. The molecular weight excluding hydrogens is 422 g/mol. The molecule has 0 radical (unpaired) electrons. The molecule has 0 bridgehead atoms. The van der Waals surface area contributed by atoms with Crippen LogP contribution < -0.4 is 5.32 Å². The number of anilines is 1. The van der Waals surface area contributed by atoms with Crippen molar-refractivity contribution in [3.63, 3.8) is 0 Å². The lowest BCUT2D eigenvalue weighted by atomic mass is 10.0. The van der Waals surface area contributed by atoms with Crippen molar-refractivity contribution in [1.82, 2.24) is 9.61 Å². The summed E-state index contributed by atoms with van der Waals surface area (Å²) < 4.78 is 32.5. The number of aromatic nitrogens is 2. The number of halogens is 2. The molecule has 172 valence electrons. The van der Waals surface area contributed by atoms with Crippen molar-refractivity contribution in [2.24, 2.45) is 4.99 Å². The maximum absolute atomic E-state index is 13.0. The van der Waals surface area contributed by atoms with E-state index in [1.165, 1.54) is 16.8 Å². The minimum Gasteiger partial charge on any atom is -0.462 e. The van der Waals surface area contributed by atoms with E-state index in [0.717, 1.165) is 0 Å². The maximum atomic E-state index is 13.0. The predicted octanol–water partition coefficient (Wildman–Crippen LogP) is 3.54. The molecule has 32 heavy (non-hydrogen) atoms. The Labute approximate surface area is 184 Å². The number of hydrogen-bond donors (Lipinski definition) is 2. The standard InChI is InChI=1S/C22H26F2N4O4/c1-4-32-21(30)15-12-28-14(10-13(27-28)8-9-22(2,3)31)11-18(15)26-20(29)17-7-5-6-16(25-17)19(23)24/h6,10-12,19,31H,4-5,7-9H2,1-3H3,(H,26,29). The third kappa shape index (κ3) is 5.76. The van der Waals surface area contributed by atoms with Gasteiger partial charge in [-0.1, -0.05) is 6.08 Å². The summed E-state index contributed by atoms with van der Waals surface area (Å²) in [4.78, 5) is 29.0. The molecule has 10 heteroatoms. The summed E-state index contributed by atoms with van der Waals surface area (Å²) in [6.45, 7) is 5.21. The molecule has 3 heterocycles. The quantitative estimate of drug-likeness (QED) is 0.601. The van der Waals surface area contributed by atoms with Gasteiger partial charge >= 0.3 is 5.97 Å². The number of fused-ring (bicyclic) bond motifs is 1. The van der Waals surface area contributed by atoms with E-state index in [0.29, 0.717) is 24.1 Å². The molecule has 0 aromatic carbocycles. The van der Waals surface area contributed by atoms with Crippen LogP contribution >= 0.6 is 0 Å². The van der Waals surface area contributed by atoms with Gasteiger partial charge in [0.25, 0.3) is 12.3 Å². The van der Waals surface area contributed by atoms with Crippen LogP contribution in [0.3, 0.4) is 0 Å². The van der Waals surface area contributed by atoms with Crippen molar-refractivity contribution in [3.8, 4) is 0 Å². The molecule has 0 saturated carbocycles. The van der Waals surface area contributed by atoms with Crippen LogP contribution in [0.5, 0.6) is 0 Å². The van der Waals surface area contributed by atoms with Gasteiger partial charge in [-0.25, -0.2) is 23.1 Å². The molecule has 1 aliphatic heterocycles. The number of carbonyl (C=O) groups is 2. The number of nitrogens with one attached hydrogen (secondary N) is 1. The van der Waals surface area contributed by atoms with Gasteiger partial charge in [-0.2, -0.15) is 5.10 Å². The van der Waals surface area contributed by atoms with E-state index in [9.17, 15) is 23.5 Å². The number of nitrogens with zero attached hydrogens (tertiary/aromatic N) is 3. The number of amides is 1. The number of aliphatic hydroxyl groups is 1. The molecular formula is C22H26F2N4O4. The number of allylic oxidation sites excluding steroid dienone is 2. The Hall–Kier alpha value is -3.14. The molecule has 3 rings (SSSR count). The summed E-state index contributed by atoms with van der Waals surface area (Å²) in [6.07, 6.45) is 1.49. The maximum Gasteiger partial charge on any atom is 0.341 e. The average Bonchev–Trinajstić information content (AvgIpc) is 3.13. The molecule has 2 aromatic rings. The molecule has 0 spiro atoms. The normalized spacial score (nSPS) is 14.3. The SMILES string of the molecule is CCOC(=O)c1cn2nc(CCC(C)(C)O)cc2cc1NC(=O)C1=NC(C(F)F)=CCC1. The zero-order chi connectivity index (χ0) is 23.5. The van der Waals surface area contributed by atoms with Crippen molar-refractivity contribution < 1.29 is 28.2 Å². The lowest BCUT2D eigenvalue weighted by Gasteiger charge is -2.15. The molecule has 0 fully saturated rings. The molecule has 8 nitrogen and oxygen atoms in total. The van der Waals surface area contributed by atoms with Gasteiger partial charge < -0.3 is 15.2 Å². The molecule has 2 N–H and O–H groups in total. The second-order valence-electron chi connectivity index (χ2n) is 8.12. The van der Waals surface area contributed by atoms with Gasteiger partial charge in [0.15, 0.2) is 0 Å². The number of hydrogen-bond acceptors (Lipinski definition) is 6. The van der Waals surface area contributed by atoms with Crippen LogP contribution in [0.15, 0.2) is 35.1 Å². The fourth-order valence-electron chi connectivity index (χ4n) is 3.23. The van der Waals surface area contributed by atoms with Gasteiger partial charge in [-0.15, -0.1) is 0 Å². The number of esters is 1. The second-order valence-corrected chi connectivity index (χ2v) is 8.12. The molecule has 0 aliphatic carbocycles. The Morgan fingerprint density at radius 3 is 2.75 bits per heavy atom. The number of pyridine rings is 1. The summed E-state index contributed by atoms with van der Waals surface area (Å²) in [5, 5.41) is 17.0. The van der Waals surface area contributed by atoms with Crippen molar-refractivity contribution in [2.45, 2.75) is 58.5 Å². The number of alkyl halides is 2. The number of rotatable bonds is 8. The van der Waals surface area contributed by atoms with Crippen molar-refractivity contribution in [2.75, 3.05) is 11.9 Å². The lowest BCUT2D eigenvalue weighted by molar-refractivity contribution is -0.110. The van der Waals surface area contributed by atoms with Crippen LogP contribution in [0.25, 0.3) is 5.52 Å². The second kappa shape index (κ2) is 9.56. The van der Waals surface area contributed by atoms with Crippen LogP contribution in [0, 0.1) is 0 Å². The Balaban J connectivity index is 1.93. The minimum absolute atomic E-state index is 0.0307. The molecule has 1 aliphatic rings. The van der Waals surface area contributed by atoms with E-state index in [-0.39, 0.29) is 36.4 Å². The first-order chi connectivity index (χ1) is 15.1. The van der Waals surface area contributed by atoms with E-state index in [1.54, 1.807) is 32.9 Å². The zero-order valence-electron chi connectivity index (χ0n) is 18.2. The van der Waals surface area contributed by atoms with E-state index >= 15 is 0 Å². The van der Waals surface area contributed by atoms with Gasteiger partial charge in [0.05, 0.1) is 29.1 Å². The van der Waals surface area contributed by atoms with Gasteiger partial charge in [-0.05, 0) is 58.6 Å². The number of ether oxygens (including phenoxy) is 1. The van der Waals surface area contributed by atoms with Gasteiger partial charge in [-0.3, -0.25) is 4.79 Å². The molecule has 0 unspecified atom stereocenters. The third-order valence-corrected chi connectivity index (χ3v) is 4.87. The van der Waals surface area contributed by atoms with Crippen LogP contribution in [0.4, 0.5) is 14.5 Å². The molecule has 2 aromatic heterocycles. The summed E-state index contributed by atoms with van der Waals surface area (Å²) in [5.41, 5.74) is 0.242. The van der Waals surface area contributed by atoms with Gasteiger partial charge in [0.2, 0.25) is 0 Å². The van der Waals surface area contributed by atoms with E-state index in [2.05, 4.69) is 15.4 Å². The zero-order valence-corrected chi connectivity index (χ0v) is 18.2. The van der Waals surface area contributed by atoms with E-state index in [4.69, 9.17) is 4.74 Å². The third-order valence-electron chi connectivity index (χ3n) is 4.87. The highest BCUT2D eigenvalue weighted by atomic mass is 19.3. The largest absolute Gasteiger partial charge is 0.462 e. The van der Waals surface area contributed by atoms with Crippen LogP contribution in [-0.2, 0) is 16.0 Å². The van der Waals surface area contributed by atoms with Crippen LogP contribution in [-0.4, -0.2) is 50.9 Å². The number of aliphatic imine (C=N–C) groups is 1. The van der Waals surface area contributed by atoms with E-state index in [1.807, 2.05) is 0 Å². The molecule has 0 atom stereocenters. The van der Waals surface area contributed by atoms with Crippen LogP contribution in [0.2, 0.25) is 0 Å². The Morgan fingerprint density at radius 1 is 1.34 bits per heavy atom. The predicted molar refractivity (Wildman–Crippen MR) is 115 cm³/mol. The van der Waals surface area contributed by atoms with Crippen molar-refractivity contribution in [1.29, 1.82) is 0 Å². The fourth-order valence-corrected chi connectivity index (χ4v) is 3.23. The summed E-state index contributed by atoms with van der Waals surface area (Å²) in [6, 6.07) is 3.35. The first-order valence-corrected chi connectivity index (χ1v) is 10.4. The minimum atomic E-state index is -2.77. The summed E-state index contributed by atoms with van der Waals surface area (Å²) in [5.74, 6) is -1.31. The van der Waals surface area contributed by atoms with Gasteiger partial charge in [0.1, 0.15) is 17.0 Å². The summed E-state index contributed by atoms with van der Waals surface area (Å²) >= 11 is 0. The lowest BCUT2D eigenvalue weighted by Crippen LogP contribution is -2.26. The topological polar surface area (TPSA) is 105 Å². The first-order valence-electron chi connectivity index (χ1n) is 10.4. The Morgan fingerprint density at radius 2 is 2.09 bits per heavy atom. The highest BCUT2D eigenvalue weighted by Gasteiger charge is 2.23. The number of carbonyl (C=O) groups excluding carboxylic acids is 2. The monoisotopic (exact) mass is 448 g/mol. The molecule has 1 amide bonds. The fraction of sp³-hybridized carbons (Fsp3) is 0.455. The van der Waals surface area contributed by atoms with Crippen LogP contribution in [0.1, 0.15) is 56.1 Å². The Bertz CT molecular complexity index is 1080.